The van der Waals surface area contributed by atoms with Crippen LogP contribution in [0, 0.1) is 13.8 Å². The lowest BCUT2D eigenvalue weighted by molar-refractivity contribution is -0.115. The summed E-state index contributed by atoms with van der Waals surface area (Å²) < 4.78 is 0. The van der Waals surface area contributed by atoms with Gasteiger partial charge in [0.2, 0.25) is 5.91 Å². The zero-order valence-corrected chi connectivity index (χ0v) is 14.8. The van der Waals surface area contributed by atoms with Crippen molar-refractivity contribution < 1.29 is 9.59 Å². The number of nitrogens with zero attached hydrogens (tertiary/aromatic N) is 1. The fraction of sp³-hybridized carbons (Fsp3) is 0.263. The first-order chi connectivity index (χ1) is 11.5. The van der Waals surface area contributed by atoms with Gasteiger partial charge in [0.05, 0.1) is 5.75 Å². The summed E-state index contributed by atoms with van der Waals surface area (Å²) in [7, 11) is 1.61. The van der Waals surface area contributed by atoms with Gasteiger partial charge in [0.1, 0.15) is 5.37 Å². The number of hydrogen-bond acceptors (Lipinski definition) is 3. The summed E-state index contributed by atoms with van der Waals surface area (Å²) in [6.07, 6.45) is 0. The lowest BCUT2D eigenvalue weighted by atomic mass is 10.1. The molecule has 1 aliphatic rings. The third-order valence-corrected chi connectivity index (χ3v) is 5.39. The molecule has 0 bridgehead atoms. The minimum Gasteiger partial charge on any atom is -0.355 e. The number of carbonyl (C=O) groups is 2. The van der Waals surface area contributed by atoms with E-state index in [9.17, 15) is 9.59 Å². The van der Waals surface area contributed by atoms with E-state index >= 15 is 0 Å². The molecule has 1 saturated heterocycles. The Morgan fingerprint density at radius 3 is 2.50 bits per heavy atom. The molecule has 1 atom stereocenters. The van der Waals surface area contributed by atoms with Gasteiger partial charge in [-0.25, -0.2) is 0 Å². The van der Waals surface area contributed by atoms with Gasteiger partial charge in [-0.15, -0.1) is 11.8 Å². The summed E-state index contributed by atoms with van der Waals surface area (Å²) >= 11 is 1.63. The van der Waals surface area contributed by atoms with E-state index < -0.39 is 0 Å². The summed E-state index contributed by atoms with van der Waals surface area (Å²) in [5.41, 5.74) is 4.70. The molecule has 3 rings (SSSR count). The Labute approximate surface area is 146 Å². The minimum absolute atomic E-state index is 0.0253. The van der Waals surface area contributed by atoms with Crippen molar-refractivity contribution in [1.82, 2.24) is 5.32 Å². The van der Waals surface area contributed by atoms with Crippen LogP contribution in [0.1, 0.15) is 32.4 Å². The molecule has 2 amide bonds. The molecule has 5 heteroatoms. The zero-order valence-electron chi connectivity index (χ0n) is 14.0. The number of hydrogen-bond donors (Lipinski definition) is 1. The Balaban J connectivity index is 1.98. The maximum Gasteiger partial charge on any atom is 0.251 e. The average Bonchev–Trinajstić information content (AvgIpc) is 2.96. The van der Waals surface area contributed by atoms with E-state index in [1.54, 1.807) is 24.9 Å². The molecule has 1 unspecified atom stereocenters. The molecule has 4 nitrogen and oxygen atoms in total. The summed E-state index contributed by atoms with van der Waals surface area (Å²) in [5, 5.41) is 2.60. The van der Waals surface area contributed by atoms with Crippen molar-refractivity contribution in [3.8, 4) is 0 Å². The molecule has 2 aromatic carbocycles. The second-order valence-electron chi connectivity index (χ2n) is 5.92. The van der Waals surface area contributed by atoms with Gasteiger partial charge in [-0.3, -0.25) is 14.5 Å². The van der Waals surface area contributed by atoms with Crippen LogP contribution in [0.15, 0.2) is 42.5 Å². The van der Waals surface area contributed by atoms with Crippen LogP contribution in [0.2, 0.25) is 0 Å². The Bertz CT molecular complexity index is 786. The SMILES string of the molecule is CNC(=O)c1ccc(N2C(=O)CSC2c2ccc(C)cc2)c(C)c1. The standard InChI is InChI=1S/C19H20N2O2S/c1-12-4-6-14(7-5-12)19-21(17(22)11-24-19)16-9-8-15(10-13(16)2)18(23)20-3/h4-10,19H,11H2,1-3H3,(H,20,23). The van der Waals surface area contributed by atoms with Crippen LogP contribution in [0.3, 0.4) is 0 Å². The van der Waals surface area contributed by atoms with Gasteiger partial charge in [-0.05, 0) is 43.2 Å². The molecule has 1 heterocycles. The molecular formula is C19H20N2O2S. The largest absolute Gasteiger partial charge is 0.355 e. The molecule has 0 radical (unpaired) electrons. The molecule has 0 aromatic heterocycles. The van der Waals surface area contributed by atoms with Crippen LogP contribution in [0.4, 0.5) is 5.69 Å². The first-order valence-electron chi connectivity index (χ1n) is 7.84. The lowest BCUT2D eigenvalue weighted by Crippen LogP contribution is -2.28. The molecule has 1 aliphatic heterocycles. The van der Waals surface area contributed by atoms with Gasteiger partial charge < -0.3 is 5.32 Å². The molecule has 2 aromatic rings. The van der Waals surface area contributed by atoms with E-state index in [1.807, 2.05) is 24.0 Å². The Kier molecular flexibility index (Phi) is 4.62. The highest BCUT2D eigenvalue weighted by molar-refractivity contribution is 8.00. The summed E-state index contributed by atoms with van der Waals surface area (Å²) in [6, 6.07) is 13.8. The van der Waals surface area contributed by atoms with E-state index in [-0.39, 0.29) is 17.2 Å². The highest BCUT2D eigenvalue weighted by Gasteiger charge is 2.34. The fourth-order valence-electron chi connectivity index (χ4n) is 2.87. The highest BCUT2D eigenvalue weighted by atomic mass is 32.2. The van der Waals surface area contributed by atoms with Crippen molar-refractivity contribution in [2.75, 3.05) is 17.7 Å². The monoisotopic (exact) mass is 340 g/mol. The number of rotatable bonds is 3. The number of amides is 2. The maximum absolute atomic E-state index is 12.5. The summed E-state index contributed by atoms with van der Waals surface area (Å²) in [4.78, 5) is 26.1. The Morgan fingerprint density at radius 1 is 1.17 bits per heavy atom. The van der Waals surface area contributed by atoms with Crippen LogP contribution in [-0.2, 0) is 4.79 Å². The topological polar surface area (TPSA) is 49.4 Å². The molecule has 0 aliphatic carbocycles. The fourth-order valence-corrected chi connectivity index (χ4v) is 4.04. The first kappa shape index (κ1) is 16.6. The van der Waals surface area contributed by atoms with Crippen molar-refractivity contribution in [2.24, 2.45) is 0 Å². The number of anilines is 1. The van der Waals surface area contributed by atoms with Crippen LogP contribution in [-0.4, -0.2) is 24.6 Å². The van der Waals surface area contributed by atoms with Crippen LogP contribution >= 0.6 is 11.8 Å². The molecule has 124 valence electrons. The highest BCUT2D eigenvalue weighted by Crippen LogP contribution is 2.42. The first-order valence-corrected chi connectivity index (χ1v) is 8.89. The van der Waals surface area contributed by atoms with Crippen molar-refractivity contribution in [2.45, 2.75) is 19.2 Å². The number of carbonyl (C=O) groups excluding carboxylic acids is 2. The zero-order chi connectivity index (χ0) is 17.3. The Hall–Kier alpha value is -2.27. The molecule has 0 saturated carbocycles. The van der Waals surface area contributed by atoms with Crippen molar-refractivity contribution in [3.05, 3.63) is 64.7 Å². The van der Waals surface area contributed by atoms with E-state index in [4.69, 9.17) is 0 Å². The predicted octanol–water partition coefficient (Wildman–Crippen LogP) is 3.44. The molecule has 1 fully saturated rings. The molecule has 1 N–H and O–H groups in total. The molecule has 24 heavy (non-hydrogen) atoms. The van der Waals surface area contributed by atoms with Gasteiger partial charge >= 0.3 is 0 Å². The van der Waals surface area contributed by atoms with Crippen molar-refractivity contribution in [1.29, 1.82) is 0 Å². The van der Waals surface area contributed by atoms with E-state index in [0.717, 1.165) is 16.8 Å². The van der Waals surface area contributed by atoms with Gasteiger partial charge in [0.25, 0.3) is 5.91 Å². The van der Waals surface area contributed by atoms with Crippen molar-refractivity contribution in [3.63, 3.8) is 0 Å². The summed E-state index contributed by atoms with van der Waals surface area (Å²) in [6.45, 7) is 3.99. The number of benzene rings is 2. The quantitative estimate of drug-likeness (QED) is 0.931. The van der Waals surface area contributed by atoms with Crippen molar-refractivity contribution >= 4 is 29.3 Å². The number of thioether (sulfide) groups is 1. The maximum atomic E-state index is 12.5. The lowest BCUT2D eigenvalue weighted by Gasteiger charge is -2.26. The van der Waals surface area contributed by atoms with Gasteiger partial charge in [-0.1, -0.05) is 29.8 Å². The van der Waals surface area contributed by atoms with Crippen LogP contribution in [0.5, 0.6) is 0 Å². The van der Waals surface area contributed by atoms with Crippen LogP contribution < -0.4 is 10.2 Å². The van der Waals surface area contributed by atoms with E-state index in [2.05, 4.69) is 36.5 Å². The van der Waals surface area contributed by atoms with Crippen LogP contribution in [0.25, 0.3) is 0 Å². The van der Waals surface area contributed by atoms with Gasteiger partial charge in [0, 0.05) is 18.3 Å². The smallest absolute Gasteiger partial charge is 0.251 e. The number of aryl methyl sites for hydroxylation is 2. The van der Waals surface area contributed by atoms with Gasteiger partial charge in [0.15, 0.2) is 0 Å². The summed E-state index contributed by atoms with van der Waals surface area (Å²) in [5.74, 6) is 0.443. The van der Waals surface area contributed by atoms with Gasteiger partial charge in [-0.2, -0.15) is 0 Å². The molecule has 0 spiro atoms. The number of nitrogens with one attached hydrogen (secondary N) is 1. The van der Waals surface area contributed by atoms with E-state index in [0.29, 0.717) is 11.3 Å². The average molecular weight is 340 g/mol. The normalized spacial score (nSPS) is 17.2. The second kappa shape index (κ2) is 6.69. The minimum atomic E-state index is -0.123. The third-order valence-electron chi connectivity index (χ3n) is 4.18. The molecular weight excluding hydrogens is 320 g/mol. The third kappa shape index (κ3) is 3.04. The Morgan fingerprint density at radius 2 is 1.88 bits per heavy atom. The second-order valence-corrected chi connectivity index (χ2v) is 6.99. The predicted molar refractivity (Wildman–Crippen MR) is 98.4 cm³/mol. The van der Waals surface area contributed by atoms with E-state index in [1.165, 1.54) is 5.56 Å².